The van der Waals surface area contributed by atoms with Gasteiger partial charge in [0.2, 0.25) is 17.7 Å². The van der Waals surface area contributed by atoms with E-state index in [0.717, 1.165) is 32.1 Å². The van der Waals surface area contributed by atoms with Gasteiger partial charge in [0.1, 0.15) is 5.82 Å². The minimum absolute atomic E-state index is 0.0906. The van der Waals surface area contributed by atoms with Crippen LogP contribution in [0.4, 0.5) is 5.82 Å². The molecular weight excluding hydrogens is 320 g/mol. The number of anilines is 1. The van der Waals surface area contributed by atoms with E-state index < -0.39 is 0 Å². The molecule has 3 amide bonds. The lowest BCUT2D eigenvalue weighted by molar-refractivity contribution is -0.140. The predicted octanol–water partition coefficient (Wildman–Crippen LogP) is 2.36. The molecule has 3 atom stereocenters. The number of carbonyl (C=O) groups is 3. The zero-order valence-corrected chi connectivity index (χ0v) is 14.9. The summed E-state index contributed by atoms with van der Waals surface area (Å²) in [6, 6.07) is 1.94. The van der Waals surface area contributed by atoms with E-state index in [2.05, 4.69) is 17.3 Å². The van der Waals surface area contributed by atoms with E-state index in [1.54, 1.807) is 16.9 Å². The molecule has 25 heavy (non-hydrogen) atoms. The molecule has 1 saturated heterocycles. The van der Waals surface area contributed by atoms with Crippen LogP contribution in [0.15, 0.2) is 12.3 Å². The highest BCUT2D eigenvalue weighted by molar-refractivity contribution is 6.05. The van der Waals surface area contributed by atoms with Gasteiger partial charge in [0, 0.05) is 19.0 Å². The molecule has 0 spiro atoms. The van der Waals surface area contributed by atoms with Gasteiger partial charge in [-0.25, -0.2) is 4.68 Å². The van der Waals surface area contributed by atoms with E-state index >= 15 is 0 Å². The Morgan fingerprint density at radius 1 is 1.28 bits per heavy atom. The Hall–Kier alpha value is -2.18. The number of aromatic nitrogens is 2. The number of fused-ring (bicyclic) bond motifs is 1. The van der Waals surface area contributed by atoms with E-state index in [4.69, 9.17) is 0 Å². The maximum absolute atomic E-state index is 12.4. The lowest BCUT2D eigenvalue weighted by atomic mass is 9.81. The quantitative estimate of drug-likeness (QED) is 0.802. The van der Waals surface area contributed by atoms with Crippen LogP contribution in [-0.2, 0) is 14.4 Å². The Labute approximate surface area is 147 Å². The van der Waals surface area contributed by atoms with Crippen molar-refractivity contribution in [1.82, 2.24) is 14.7 Å². The molecule has 1 N–H and O–H groups in total. The fourth-order valence-electron chi connectivity index (χ4n) is 3.81. The van der Waals surface area contributed by atoms with Crippen molar-refractivity contribution in [3.05, 3.63) is 12.3 Å². The second-order valence-corrected chi connectivity index (χ2v) is 7.04. The van der Waals surface area contributed by atoms with Gasteiger partial charge in [0.05, 0.1) is 24.1 Å². The van der Waals surface area contributed by atoms with Crippen LogP contribution in [0, 0.1) is 11.8 Å². The zero-order chi connectivity index (χ0) is 18.0. The summed E-state index contributed by atoms with van der Waals surface area (Å²) in [4.78, 5) is 38.4. The highest BCUT2D eigenvalue weighted by Gasteiger charge is 2.47. The smallest absolute Gasteiger partial charge is 0.233 e. The maximum atomic E-state index is 12.4. The number of imide groups is 1. The van der Waals surface area contributed by atoms with Gasteiger partial charge in [-0.1, -0.05) is 19.8 Å². The number of hydrogen-bond acceptors (Lipinski definition) is 4. The van der Waals surface area contributed by atoms with Crippen molar-refractivity contribution in [3.63, 3.8) is 0 Å². The number of amides is 3. The van der Waals surface area contributed by atoms with Gasteiger partial charge in [-0.05, 0) is 26.2 Å². The molecule has 2 fully saturated rings. The van der Waals surface area contributed by atoms with Gasteiger partial charge in [-0.15, -0.1) is 0 Å². The highest BCUT2D eigenvalue weighted by atomic mass is 16.2. The molecular formula is C18H26N4O3. The van der Waals surface area contributed by atoms with E-state index in [1.165, 1.54) is 4.90 Å². The summed E-state index contributed by atoms with van der Waals surface area (Å²) in [6.45, 7) is 4.25. The molecule has 0 radical (unpaired) electrons. The lowest BCUT2D eigenvalue weighted by Gasteiger charge is -2.19. The molecule has 0 unspecified atom stereocenters. The summed E-state index contributed by atoms with van der Waals surface area (Å²) in [7, 11) is 0. The first-order valence-electron chi connectivity index (χ1n) is 9.21. The number of rotatable bonds is 6. The normalized spacial score (nSPS) is 24.3. The summed E-state index contributed by atoms with van der Waals surface area (Å²) in [5, 5.41) is 7.07. The number of nitrogens with zero attached hydrogens (tertiary/aromatic N) is 3. The number of hydrogen-bond donors (Lipinski definition) is 1. The third-order valence-electron chi connectivity index (χ3n) is 5.44. The van der Waals surface area contributed by atoms with Gasteiger partial charge in [-0.2, -0.15) is 5.10 Å². The summed E-state index contributed by atoms with van der Waals surface area (Å²) in [6.07, 6.45) is 6.28. The van der Waals surface area contributed by atoms with Crippen LogP contribution in [0.3, 0.4) is 0 Å². The summed E-state index contributed by atoms with van der Waals surface area (Å²) >= 11 is 0. The van der Waals surface area contributed by atoms with E-state index in [1.807, 2.05) is 6.92 Å². The Kier molecular flexibility index (Phi) is 5.20. The summed E-state index contributed by atoms with van der Waals surface area (Å²) < 4.78 is 1.78. The molecule has 3 rings (SSSR count). The van der Waals surface area contributed by atoms with Crippen LogP contribution >= 0.6 is 0 Å². The second-order valence-electron chi connectivity index (χ2n) is 7.04. The fraction of sp³-hybridized carbons (Fsp3) is 0.667. The number of carbonyl (C=O) groups excluding carboxylic acids is 3. The van der Waals surface area contributed by atoms with E-state index in [-0.39, 0.29) is 48.6 Å². The Morgan fingerprint density at radius 3 is 2.52 bits per heavy atom. The first-order chi connectivity index (χ1) is 12.0. The Morgan fingerprint density at radius 2 is 1.92 bits per heavy atom. The monoisotopic (exact) mass is 346 g/mol. The summed E-state index contributed by atoms with van der Waals surface area (Å²) in [5.41, 5.74) is 0. The van der Waals surface area contributed by atoms with Crippen LogP contribution in [-0.4, -0.2) is 38.9 Å². The zero-order valence-electron chi connectivity index (χ0n) is 14.9. The average Bonchev–Trinajstić information content (AvgIpc) is 3.17. The van der Waals surface area contributed by atoms with Crippen LogP contribution in [0.5, 0.6) is 0 Å². The molecule has 1 aliphatic heterocycles. The van der Waals surface area contributed by atoms with Crippen molar-refractivity contribution in [2.75, 3.05) is 11.9 Å². The minimum Gasteiger partial charge on any atom is -0.311 e. The highest BCUT2D eigenvalue weighted by Crippen LogP contribution is 2.37. The van der Waals surface area contributed by atoms with Crippen LogP contribution in [0.25, 0.3) is 0 Å². The average molecular weight is 346 g/mol. The van der Waals surface area contributed by atoms with Gasteiger partial charge in [0.15, 0.2) is 0 Å². The van der Waals surface area contributed by atoms with Crippen molar-refractivity contribution < 1.29 is 14.4 Å². The number of nitrogens with one attached hydrogen (secondary N) is 1. The van der Waals surface area contributed by atoms with Gasteiger partial charge >= 0.3 is 0 Å². The van der Waals surface area contributed by atoms with E-state index in [9.17, 15) is 14.4 Å². The first kappa shape index (κ1) is 17.6. The van der Waals surface area contributed by atoms with Crippen LogP contribution in [0.1, 0.15) is 58.4 Å². The first-order valence-corrected chi connectivity index (χ1v) is 9.21. The molecule has 2 heterocycles. The molecule has 7 heteroatoms. The van der Waals surface area contributed by atoms with Crippen LogP contribution in [0.2, 0.25) is 0 Å². The van der Waals surface area contributed by atoms with Gasteiger partial charge in [-0.3, -0.25) is 19.3 Å². The van der Waals surface area contributed by atoms with E-state index in [0.29, 0.717) is 5.82 Å². The summed E-state index contributed by atoms with van der Waals surface area (Å²) in [5.74, 6) is -0.0563. The second kappa shape index (κ2) is 7.37. The molecule has 1 aromatic rings. The SMILES string of the molecule is CC[C@@H](C)n1nccc1NC(=O)CCN1C(=O)[C@H]2CCCC[C@@H]2C1=O. The molecule has 0 aromatic carbocycles. The predicted molar refractivity (Wildman–Crippen MR) is 92.6 cm³/mol. The molecule has 1 aliphatic carbocycles. The topological polar surface area (TPSA) is 84.3 Å². The third-order valence-corrected chi connectivity index (χ3v) is 5.44. The van der Waals surface area contributed by atoms with Gasteiger partial charge in [0.25, 0.3) is 0 Å². The maximum Gasteiger partial charge on any atom is 0.233 e. The standard InChI is InChI=1S/C18H26N4O3/c1-3-12(2)22-15(8-10-19-22)20-16(23)9-11-21-17(24)13-6-4-5-7-14(13)18(21)25/h8,10,12-14H,3-7,9,11H2,1-2H3,(H,20,23)/t12-,13+,14+/m1/s1. The minimum atomic E-state index is -0.208. The molecule has 7 nitrogen and oxygen atoms in total. The van der Waals surface area contributed by atoms with Crippen molar-refractivity contribution >= 4 is 23.5 Å². The molecule has 0 bridgehead atoms. The Balaban J connectivity index is 1.57. The number of likely N-dealkylation sites (tertiary alicyclic amines) is 1. The van der Waals surface area contributed by atoms with Crippen molar-refractivity contribution in [1.29, 1.82) is 0 Å². The van der Waals surface area contributed by atoms with Gasteiger partial charge < -0.3 is 5.32 Å². The molecule has 1 saturated carbocycles. The third kappa shape index (κ3) is 3.45. The van der Waals surface area contributed by atoms with Crippen molar-refractivity contribution in [2.45, 2.75) is 58.4 Å². The Bertz CT molecular complexity index is 645. The lowest BCUT2D eigenvalue weighted by Crippen LogP contribution is -2.34. The van der Waals surface area contributed by atoms with Crippen molar-refractivity contribution in [2.24, 2.45) is 11.8 Å². The van der Waals surface area contributed by atoms with Crippen molar-refractivity contribution in [3.8, 4) is 0 Å². The van der Waals surface area contributed by atoms with Crippen LogP contribution < -0.4 is 5.32 Å². The molecule has 136 valence electrons. The fourth-order valence-corrected chi connectivity index (χ4v) is 3.81. The largest absolute Gasteiger partial charge is 0.311 e. The molecule has 1 aromatic heterocycles. The molecule has 2 aliphatic rings.